The van der Waals surface area contributed by atoms with E-state index < -0.39 is 0 Å². The lowest BCUT2D eigenvalue weighted by atomic mass is 9.93. The molecule has 0 amide bonds. The molecule has 4 nitrogen and oxygen atoms in total. The fourth-order valence-electron chi connectivity index (χ4n) is 4.13. The largest absolute Gasteiger partial charge is 0.379 e. The molecule has 2 fully saturated rings. The van der Waals surface area contributed by atoms with Gasteiger partial charge in [-0.05, 0) is 50.6 Å². The summed E-state index contributed by atoms with van der Waals surface area (Å²) in [6, 6.07) is 8.15. The van der Waals surface area contributed by atoms with Crippen molar-refractivity contribution in [3.63, 3.8) is 0 Å². The van der Waals surface area contributed by atoms with Gasteiger partial charge in [-0.1, -0.05) is 18.6 Å². The fraction of sp³-hybridized carbons (Fsp3) is 0.684. The van der Waals surface area contributed by atoms with Gasteiger partial charge in [-0.2, -0.15) is 0 Å². The fourth-order valence-corrected chi connectivity index (χ4v) is 4.13. The maximum absolute atomic E-state index is 13.2. The molecule has 2 aliphatic rings. The van der Waals surface area contributed by atoms with E-state index in [4.69, 9.17) is 4.74 Å². The van der Waals surface area contributed by atoms with Crippen LogP contribution in [-0.2, 0) is 4.74 Å². The Hall–Kier alpha value is -1.01. The van der Waals surface area contributed by atoms with Gasteiger partial charge in [0.05, 0.1) is 13.2 Å². The van der Waals surface area contributed by atoms with E-state index >= 15 is 0 Å². The molecule has 4 atom stereocenters. The molecule has 5 heteroatoms. The SMILES string of the molecule is CN(C)C(CNC1CCCC1C1COCCN1)c1ccc(F)cc1. The summed E-state index contributed by atoms with van der Waals surface area (Å²) < 4.78 is 18.8. The second kappa shape index (κ2) is 8.39. The van der Waals surface area contributed by atoms with Gasteiger partial charge in [-0.3, -0.25) is 0 Å². The third-order valence-electron chi connectivity index (χ3n) is 5.49. The molecule has 1 aliphatic heterocycles. The van der Waals surface area contributed by atoms with Crippen molar-refractivity contribution in [3.05, 3.63) is 35.6 Å². The van der Waals surface area contributed by atoms with Gasteiger partial charge in [-0.15, -0.1) is 0 Å². The van der Waals surface area contributed by atoms with E-state index in [0.29, 0.717) is 18.0 Å². The van der Waals surface area contributed by atoms with Gasteiger partial charge in [-0.25, -0.2) is 4.39 Å². The smallest absolute Gasteiger partial charge is 0.123 e. The van der Waals surface area contributed by atoms with Gasteiger partial charge in [0.2, 0.25) is 0 Å². The number of rotatable bonds is 6. The van der Waals surface area contributed by atoms with Crippen LogP contribution in [0.2, 0.25) is 0 Å². The molecule has 24 heavy (non-hydrogen) atoms. The molecule has 0 aromatic heterocycles. The van der Waals surface area contributed by atoms with Crippen molar-refractivity contribution in [1.82, 2.24) is 15.5 Å². The Kier molecular flexibility index (Phi) is 6.22. The molecule has 2 N–H and O–H groups in total. The number of halogens is 1. The molecule has 1 aliphatic carbocycles. The Morgan fingerprint density at radius 3 is 2.75 bits per heavy atom. The van der Waals surface area contributed by atoms with E-state index in [2.05, 4.69) is 29.6 Å². The highest BCUT2D eigenvalue weighted by atomic mass is 19.1. The monoisotopic (exact) mass is 335 g/mol. The van der Waals surface area contributed by atoms with Crippen LogP contribution < -0.4 is 10.6 Å². The molecule has 4 unspecified atom stereocenters. The maximum Gasteiger partial charge on any atom is 0.123 e. The average molecular weight is 335 g/mol. The minimum Gasteiger partial charge on any atom is -0.379 e. The number of benzene rings is 1. The summed E-state index contributed by atoms with van der Waals surface area (Å²) in [5, 5.41) is 7.41. The summed E-state index contributed by atoms with van der Waals surface area (Å²) in [7, 11) is 4.16. The van der Waals surface area contributed by atoms with Crippen LogP contribution in [0.3, 0.4) is 0 Å². The lowest BCUT2D eigenvalue weighted by molar-refractivity contribution is 0.0520. The second-order valence-electron chi connectivity index (χ2n) is 7.28. The molecule has 1 saturated carbocycles. The Bertz CT molecular complexity index is 502. The summed E-state index contributed by atoms with van der Waals surface area (Å²) in [6.45, 7) is 3.50. The van der Waals surface area contributed by atoms with Crippen molar-refractivity contribution in [2.45, 2.75) is 37.4 Å². The third-order valence-corrected chi connectivity index (χ3v) is 5.49. The number of nitrogens with zero attached hydrogens (tertiary/aromatic N) is 1. The van der Waals surface area contributed by atoms with Crippen molar-refractivity contribution in [2.24, 2.45) is 5.92 Å². The quantitative estimate of drug-likeness (QED) is 0.835. The van der Waals surface area contributed by atoms with Crippen LogP contribution in [0.15, 0.2) is 24.3 Å². The summed E-state index contributed by atoms with van der Waals surface area (Å²) >= 11 is 0. The van der Waals surface area contributed by atoms with E-state index in [1.165, 1.54) is 19.3 Å². The average Bonchev–Trinajstić information content (AvgIpc) is 3.06. The molecule has 1 aromatic carbocycles. The van der Waals surface area contributed by atoms with E-state index in [0.717, 1.165) is 31.9 Å². The number of hydrogen-bond acceptors (Lipinski definition) is 4. The molecule has 1 heterocycles. The van der Waals surface area contributed by atoms with Crippen LogP contribution in [0.5, 0.6) is 0 Å². The van der Waals surface area contributed by atoms with Crippen molar-refractivity contribution in [3.8, 4) is 0 Å². The van der Waals surface area contributed by atoms with E-state index in [1.54, 1.807) is 12.1 Å². The molecule has 1 saturated heterocycles. The Morgan fingerprint density at radius 1 is 1.29 bits per heavy atom. The highest BCUT2D eigenvalue weighted by Gasteiger charge is 2.34. The first kappa shape index (κ1) is 17.8. The Labute approximate surface area is 144 Å². The zero-order valence-electron chi connectivity index (χ0n) is 14.8. The highest BCUT2D eigenvalue weighted by Crippen LogP contribution is 2.30. The molecule has 0 bridgehead atoms. The minimum absolute atomic E-state index is 0.177. The van der Waals surface area contributed by atoms with Crippen LogP contribution in [0.1, 0.15) is 30.9 Å². The van der Waals surface area contributed by atoms with Gasteiger partial charge in [0.25, 0.3) is 0 Å². The third kappa shape index (κ3) is 4.33. The van der Waals surface area contributed by atoms with E-state index in [9.17, 15) is 4.39 Å². The number of hydrogen-bond donors (Lipinski definition) is 2. The molecule has 0 spiro atoms. The normalized spacial score (nSPS) is 29.1. The number of likely N-dealkylation sites (N-methyl/N-ethyl adjacent to an activating group) is 1. The number of ether oxygens (including phenoxy) is 1. The predicted molar refractivity (Wildman–Crippen MR) is 94.6 cm³/mol. The zero-order valence-corrected chi connectivity index (χ0v) is 14.8. The van der Waals surface area contributed by atoms with Crippen molar-refractivity contribution in [2.75, 3.05) is 40.4 Å². The molecule has 134 valence electrons. The van der Waals surface area contributed by atoms with Crippen LogP contribution in [0.25, 0.3) is 0 Å². The van der Waals surface area contributed by atoms with Crippen molar-refractivity contribution in [1.29, 1.82) is 0 Å². The minimum atomic E-state index is -0.177. The van der Waals surface area contributed by atoms with Gasteiger partial charge in [0.1, 0.15) is 5.82 Å². The maximum atomic E-state index is 13.2. The zero-order chi connectivity index (χ0) is 16.9. The highest BCUT2D eigenvalue weighted by molar-refractivity contribution is 5.20. The van der Waals surface area contributed by atoms with Crippen molar-refractivity contribution < 1.29 is 9.13 Å². The topological polar surface area (TPSA) is 36.5 Å². The first-order valence-corrected chi connectivity index (χ1v) is 9.11. The first-order chi connectivity index (χ1) is 11.6. The van der Waals surface area contributed by atoms with Crippen LogP contribution in [0.4, 0.5) is 4.39 Å². The summed E-state index contributed by atoms with van der Waals surface area (Å²) in [4.78, 5) is 2.20. The van der Waals surface area contributed by atoms with Gasteiger partial charge in [0.15, 0.2) is 0 Å². The Balaban J connectivity index is 1.60. The lowest BCUT2D eigenvalue weighted by Gasteiger charge is -2.34. The van der Waals surface area contributed by atoms with Crippen LogP contribution >= 0.6 is 0 Å². The number of morpholine rings is 1. The molecule has 0 radical (unpaired) electrons. The first-order valence-electron chi connectivity index (χ1n) is 9.11. The lowest BCUT2D eigenvalue weighted by Crippen LogP contribution is -2.51. The summed E-state index contributed by atoms with van der Waals surface area (Å²) in [5.41, 5.74) is 1.16. The second-order valence-corrected chi connectivity index (χ2v) is 7.28. The van der Waals surface area contributed by atoms with Gasteiger partial charge >= 0.3 is 0 Å². The standard InChI is InChI=1S/C19H30FN3O/c1-23(2)19(14-6-8-15(20)9-7-14)12-22-17-5-3-4-16(17)18-13-24-11-10-21-18/h6-9,16-19,21-22H,3-5,10-13H2,1-2H3. The Morgan fingerprint density at radius 2 is 2.08 bits per heavy atom. The summed E-state index contributed by atoms with van der Waals surface area (Å²) in [6.07, 6.45) is 3.78. The summed E-state index contributed by atoms with van der Waals surface area (Å²) in [5.74, 6) is 0.463. The molecule has 3 rings (SSSR count). The predicted octanol–water partition coefficient (Wildman–Crippen LogP) is 2.18. The van der Waals surface area contributed by atoms with Gasteiger partial charge < -0.3 is 20.3 Å². The molecular weight excluding hydrogens is 305 g/mol. The van der Waals surface area contributed by atoms with E-state index in [1.807, 2.05) is 12.1 Å². The molecule has 1 aromatic rings. The van der Waals surface area contributed by atoms with Crippen molar-refractivity contribution >= 4 is 0 Å². The van der Waals surface area contributed by atoms with Crippen LogP contribution in [0, 0.1) is 11.7 Å². The molecular formula is C19H30FN3O. The van der Waals surface area contributed by atoms with Crippen LogP contribution in [-0.4, -0.2) is 57.4 Å². The number of nitrogens with one attached hydrogen (secondary N) is 2. The van der Waals surface area contributed by atoms with E-state index in [-0.39, 0.29) is 11.9 Å². The van der Waals surface area contributed by atoms with Gasteiger partial charge in [0, 0.05) is 31.2 Å².